The molecule has 4 heteroatoms. The zero-order chi connectivity index (χ0) is 9.40. The number of thiocarbonyl (C=S) groups is 1. The summed E-state index contributed by atoms with van der Waals surface area (Å²) in [6, 6.07) is 0. The predicted molar refractivity (Wildman–Crippen MR) is 52.1 cm³/mol. The van der Waals surface area contributed by atoms with Crippen molar-refractivity contribution >= 4 is 23.2 Å². The molecule has 0 amide bonds. The van der Waals surface area contributed by atoms with E-state index in [2.05, 4.69) is 10.1 Å². The highest BCUT2D eigenvalue weighted by Gasteiger charge is 1.99. The second-order valence-electron chi connectivity index (χ2n) is 2.46. The molecule has 1 N–H and O–H groups in total. The van der Waals surface area contributed by atoms with Crippen LogP contribution in [0.15, 0.2) is 0 Å². The van der Waals surface area contributed by atoms with Crippen LogP contribution in [0.5, 0.6) is 0 Å². The van der Waals surface area contributed by atoms with Crippen molar-refractivity contribution in [1.29, 1.82) is 0 Å². The second kappa shape index (κ2) is 7.03. The summed E-state index contributed by atoms with van der Waals surface area (Å²) in [6.07, 6.45) is 3.12. The summed E-state index contributed by atoms with van der Waals surface area (Å²) in [4.78, 5) is 11.5. The molecular formula is C8H15NO2S. The van der Waals surface area contributed by atoms with Crippen LogP contribution in [-0.2, 0) is 9.53 Å². The van der Waals surface area contributed by atoms with Gasteiger partial charge in [-0.15, -0.1) is 0 Å². The lowest BCUT2D eigenvalue weighted by atomic mass is 10.2. The van der Waals surface area contributed by atoms with Gasteiger partial charge in [-0.2, -0.15) is 0 Å². The highest BCUT2D eigenvalue weighted by atomic mass is 32.1. The highest BCUT2D eigenvalue weighted by Crippen LogP contribution is 2.01. The molecule has 12 heavy (non-hydrogen) atoms. The number of esters is 1. The van der Waals surface area contributed by atoms with E-state index in [1.165, 1.54) is 7.11 Å². The van der Waals surface area contributed by atoms with Crippen molar-refractivity contribution in [2.24, 2.45) is 0 Å². The standard InChI is InChI=1S/C8H15NO2S/c1-9-7(12)5-3-4-6-8(10)11-2/h3-6H2,1-2H3,(H,9,12). The molecule has 0 saturated heterocycles. The summed E-state index contributed by atoms with van der Waals surface area (Å²) in [7, 11) is 3.21. The number of nitrogens with one attached hydrogen (secondary N) is 1. The van der Waals surface area contributed by atoms with Gasteiger partial charge in [0.15, 0.2) is 0 Å². The second-order valence-corrected chi connectivity index (χ2v) is 2.95. The van der Waals surface area contributed by atoms with Crippen LogP contribution in [0.4, 0.5) is 0 Å². The Morgan fingerprint density at radius 3 is 2.50 bits per heavy atom. The van der Waals surface area contributed by atoms with Gasteiger partial charge in [0, 0.05) is 13.5 Å². The Labute approximate surface area is 78.5 Å². The third kappa shape index (κ3) is 6.09. The molecule has 0 aromatic carbocycles. The Morgan fingerprint density at radius 2 is 2.00 bits per heavy atom. The van der Waals surface area contributed by atoms with Crippen molar-refractivity contribution in [3.8, 4) is 0 Å². The van der Waals surface area contributed by atoms with Gasteiger partial charge < -0.3 is 10.1 Å². The van der Waals surface area contributed by atoms with Gasteiger partial charge >= 0.3 is 5.97 Å². The minimum atomic E-state index is -0.148. The monoisotopic (exact) mass is 189 g/mol. The minimum absolute atomic E-state index is 0.148. The van der Waals surface area contributed by atoms with Crippen molar-refractivity contribution in [2.45, 2.75) is 25.7 Å². The average molecular weight is 189 g/mol. The van der Waals surface area contributed by atoms with Gasteiger partial charge in [-0.25, -0.2) is 0 Å². The predicted octanol–water partition coefficient (Wildman–Crippen LogP) is 1.27. The number of rotatable bonds is 5. The molecule has 0 saturated carbocycles. The molecule has 0 radical (unpaired) electrons. The van der Waals surface area contributed by atoms with Crippen molar-refractivity contribution in [1.82, 2.24) is 5.32 Å². The lowest BCUT2D eigenvalue weighted by Crippen LogP contribution is -2.14. The third-order valence-corrected chi connectivity index (χ3v) is 1.95. The van der Waals surface area contributed by atoms with Gasteiger partial charge in [-0.3, -0.25) is 4.79 Å². The summed E-state index contributed by atoms with van der Waals surface area (Å²) in [5.74, 6) is -0.148. The number of carbonyl (C=O) groups is 1. The largest absolute Gasteiger partial charge is 0.469 e. The van der Waals surface area contributed by atoms with Gasteiger partial charge in [0.1, 0.15) is 0 Å². The first-order valence-electron chi connectivity index (χ1n) is 3.98. The Balaban J connectivity index is 3.21. The first-order valence-corrected chi connectivity index (χ1v) is 4.39. The van der Waals surface area contributed by atoms with E-state index in [-0.39, 0.29) is 5.97 Å². The van der Waals surface area contributed by atoms with Crippen molar-refractivity contribution < 1.29 is 9.53 Å². The van der Waals surface area contributed by atoms with Gasteiger partial charge in [0.25, 0.3) is 0 Å². The van der Waals surface area contributed by atoms with Crippen LogP contribution in [0, 0.1) is 0 Å². The molecule has 0 heterocycles. The van der Waals surface area contributed by atoms with Crippen LogP contribution in [0.2, 0.25) is 0 Å². The molecule has 0 aromatic heterocycles. The van der Waals surface area contributed by atoms with Crippen LogP contribution in [0.3, 0.4) is 0 Å². The van der Waals surface area contributed by atoms with Crippen LogP contribution < -0.4 is 5.32 Å². The molecular weight excluding hydrogens is 174 g/mol. The lowest BCUT2D eigenvalue weighted by Gasteiger charge is -2.01. The molecule has 0 atom stereocenters. The van der Waals surface area contributed by atoms with Gasteiger partial charge in [0.2, 0.25) is 0 Å². The molecule has 70 valence electrons. The third-order valence-electron chi connectivity index (χ3n) is 1.54. The Kier molecular flexibility index (Phi) is 6.66. The van der Waals surface area contributed by atoms with E-state index in [1.807, 2.05) is 7.05 Å². The van der Waals surface area contributed by atoms with E-state index in [0.717, 1.165) is 24.3 Å². The first-order chi connectivity index (χ1) is 5.70. The minimum Gasteiger partial charge on any atom is -0.469 e. The van der Waals surface area contributed by atoms with Crippen LogP contribution in [0.1, 0.15) is 25.7 Å². The number of hydrogen-bond donors (Lipinski definition) is 1. The van der Waals surface area contributed by atoms with Gasteiger partial charge in [-0.05, 0) is 19.3 Å². The van der Waals surface area contributed by atoms with Gasteiger partial charge in [-0.1, -0.05) is 12.2 Å². The topological polar surface area (TPSA) is 38.3 Å². The summed E-state index contributed by atoms with van der Waals surface area (Å²) in [6.45, 7) is 0. The number of unbranched alkanes of at least 4 members (excludes halogenated alkanes) is 1. The molecule has 0 spiro atoms. The Hall–Kier alpha value is -0.640. The van der Waals surface area contributed by atoms with E-state index in [0.29, 0.717) is 6.42 Å². The average Bonchev–Trinajstić information content (AvgIpc) is 2.11. The van der Waals surface area contributed by atoms with E-state index < -0.39 is 0 Å². The molecule has 0 bridgehead atoms. The van der Waals surface area contributed by atoms with Crippen LogP contribution in [0.25, 0.3) is 0 Å². The van der Waals surface area contributed by atoms with E-state index in [4.69, 9.17) is 12.2 Å². The first kappa shape index (κ1) is 11.4. The molecule has 0 aromatic rings. The van der Waals surface area contributed by atoms with E-state index >= 15 is 0 Å². The summed E-state index contributed by atoms with van der Waals surface area (Å²) in [5, 5.41) is 2.88. The van der Waals surface area contributed by atoms with Crippen molar-refractivity contribution in [3.05, 3.63) is 0 Å². The van der Waals surface area contributed by atoms with E-state index in [9.17, 15) is 4.79 Å². The number of ether oxygens (including phenoxy) is 1. The van der Waals surface area contributed by atoms with Gasteiger partial charge in [0.05, 0.1) is 12.1 Å². The SMILES string of the molecule is CNC(=S)CCCCC(=O)OC. The Morgan fingerprint density at radius 1 is 1.42 bits per heavy atom. The number of hydrogen-bond acceptors (Lipinski definition) is 3. The molecule has 0 aliphatic rings. The maximum atomic E-state index is 10.7. The zero-order valence-electron chi connectivity index (χ0n) is 7.55. The number of carbonyl (C=O) groups excluding carboxylic acids is 1. The fourth-order valence-corrected chi connectivity index (χ4v) is 0.926. The van der Waals surface area contributed by atoms with Crippen LogP contribution >= 0.6 is 12.2 Å². The summed E-state index contributed by atoms with van der Waals surface area (Å²) < 4.78 is 4.50. The fourth-order valence-electron chi connectivity index (χ4n) is 0.782. The molecule has 0 aliphatic heterocycles. The zero-order valence-corrected chi connectivity index (χ0v) is 8.37. The smallest absolute Gasteiger partial charge is 0.305 e. The maximum absolute atomic E-state index is 10.7. The molecule has 0 rings (SSSR count). The molecule has 0 unspecified atom stereocenters. The molecule has 0 aliphatic carbocycles. The number of methoxy groups -OCH3 is 1. The quantitative estimate of drug-likeness (QED) is 0.401. The molecule has 3 nitrogen and oxygen atoms in total. The normalized spacial score (nSPS) is 9.17. The van der Waals surface area contributed by atoms with Crippen LogP contribution in [-0.4, -0.2) is 25.1 Å². The summed E-state index contributed by atoms with van der Waals surface area (Å²) >= 11 is 4.94. The highest BCUT2D eigenvalue weighted by molar-refractivity contribution is 7.80. The van der Waals surface area contributed by atoms with Crippen molar-refractivity contribution in [3.63, 3.8) is 0 Å². The van der Waals surface area contributed by atoms with E-state index in [1.54, 1.807) is 0 Å². The maximum Gasteiger partial charge on any atom is 0.305 e. The summed E-state index contributed by atoms with van der Waals surface area (Å²) in [5.41, 5.74) is 0. The van der Waals surface area contributed by atoms with Crippen molar-refractivity contribution in [2.75, 3.05) is 14.2 Å². The fraction of sp³-hybridized carbons (Fsp3) is 0.750. The lowest BCUT2D eigenvalue weighted by molar-refractivity contribution is -0.140. The Bertz CT molecular complexity index is 141. The molecule has 0 fully saturated rings.